The van der Waals surface area contributed by atoms with Gasteiger partial charge in [0.1, 0.15) is 6.42 Å². The third kappa shape index (κ3) is 2.58. The molecule has 0 aliphatic carbocycles. The average Bonchev–Trinajstić information content (AvgIpc) is 2.83. The van der Waals surface area contributed by atoms with Crippen molar-refractivity contribution in [2.45, 2.75) is 13.3 Å². The van der Waals surface area contributed by atoms with Crippen LogP contribution in [0.15, 0.2) is 42.7 Å². The first-order valence-electron chi connectivity index (χ1n) is 5.61. The summed E-state index contributed by atoms with van der Waals surface area (Å²) in [6.45, 7) is 1.96. The van der Waals surface area contributed by atoms with Crippen LogP contribution in [0.4, 0.5) is 5.69 Å². The minimum absolute atomic E-state index is 0.140. The molecule has 0 saturated heterocycles. The van der Waals surface area contributed by atoms with Crippen molar-refractivity contribution in [2.75, 3.05) is 5.32 Å². The Morgan fingerprint density at radius 2 is 2.11 bits per heavy atom. The van der Waals surface area contributed by atoms with Crippen molar-refractivity contribution >= 4 is 11.6 Å². The summed E-state index contributed by atoms with van der Waals surface area (Å²) in [5, 5.41) is 11.3. The number of aryl methyl sites for hydroxylation is 1. The summed E-state index contributed by atoms with van der Waals surface area (Å²) >= 11 is 0. The number of hydrogen-bond donors (Lipinski definition) is 1. The summed E-state index contributed by atoms with van der Waals surface area (Å²) in [5.41, 5.74) is 2.65. The van der Waals surface area contributed by atoms with Crippen LogP contribution in [0.3, 0.4) is 0 Å². The number of nitrogens with zero attached hydrogens (tertiary/aromatic N) is 2. The van der Waals surface area contributed by atoms with E-state index < -0.39 is 0 Å². The molecule has 1 amide bonds. The number of carbonyl (C=O) groups is 1. The minimum Gasteiger partial charge on any atom is -0.323 e. The zero-order valence-corrected chi connectivity index (χ0v) is 10.1. The van der Waals surface area contributed by atoms with Crippen LogP contribution < -0.4 is 5.32 Å². The monoisotopic (exact) mass is 239 g/mol. The number of hydrogen-bond acceptors (Lipinski definition) is 2. The quantitative estimate of drug-likeness (QED) is 0.895. The normalized spacial score (nSPS) is 9.78. The highest BCUT2D eigenvalue weighted by atomic mass is 16.1. The SMILES string of the molecule is Cc1ccc(-n2cccc2)c(NC(=O)CC#N)c1. The van der Waals surface area contributed by atoms with Gasteiger partial charge in [-0.3, -0.25) is 4.79 Å². The van der Waals surface area contributed by atoms with Gasteiger partial charge in [0, 0.05) is 12.4 Å². The Labute approximate surface area is 105 Å². The molecule has 0 fully saturated rings. The standard InChI is InChI=1S/C14H13N3O/c1-11-4-5-13(17-8-2-3-9-17)12(10-11)16-14(18)6-7-15/h2-5,8-10H,6H2,1H3,(H,16,18). The summed E-state index contributed by atoms with van der Waals surface area (Å²) in [5.74, 6) is -0.295. The predicted octanol–water partition coefficient (Wildman–Crippen LogP) is 2.64. The van der Waals surface area contributed by atoms with Crippen LogP contribution in [0.1, 0.15) is 12.0 Å². The maximum absolute atomic E-state index is 11.5. The Bertz CT molecular complexity index is 594. The van der Waals surface area contributed by atoms with Gasteiger partial charge in [-0.1, -0.05) is 6.07 Å². The van der Waals surface area contributed by atoms with Gasteiger partial charge in [-0.05, 0) is 36.8 Å². The minimum atomic E-state index is -0.295. The molecule has 1 N–H and O–H groups in total. The van der Waals surface area contributed by atoms with Crippen molar-refractivity contribution in [3.8, 4) is 11.8 Å². The van der Waals surface area contributed by atoms with Crippen molar-refractivity contribution in [2.24, 2.45) is 0 Å². The Balaban J connectivity index is 2.36. The molecule has 1 aromatic carbocycles. The Morgan fingerprint density at radius 1 is 1.39 bits per heavy atom. The van der Waals surface area contributed by atoms with E-state index in [1.54, 1.807) is 0 Å². The molecule has 1 heterocycles. The summed E-state index contributed by atoms with van der Waals surface area (Å²) < 4.78 is 1.92. The molecule has 0 saturated carbocycles. The topological polar surface area (TPSA) is 57.8 Å². The third-order valence-electron chi connectivity index (χ3n) is 2.55. The molecule has 0 bridgehead atoms. The highest BCUT2D eigenvalue weighted by Crippen LogP contribution is 2.22. The lowest BCUT2D eigenvalue weighted by Gasteiger charge is -2.12. The van der Waals surface area contributed by atoms with E-state index >= 15 is 0 Å². The number of carbonyl (C=O) groups excluding carboxylic acids is 1. The average molecular weight is 239 g/mol. The van der Waals surface area contributed by atoms with E-state index in [9.17, 15) is 4.79 Å². The number of rotatable bonds is 3. The van der Waals surface area contributed by atoms with E-state index in [4.69, 9.17) is 5.26 Å². The predicted molar refractivity (Wildman–Crippen MR) is 69.4 cm³/mol. The fraction of sp³-hybridized carbons (Fsp3) is 0.143. The maximum atomic E-state index is 11.5. The molecule has 0 radical (unpaired) electrons. The van der Waals surface area contributed by atoms with E-state index in [2.05, 4.69) is 5.32 Å². The first-order chi connectivity index (χ1) is 8.70. The molecular formula is C14H13N3O. The fourth-order valence-corrected chi connectivity index (χ4v) is 1.74. The molecular weight excluding hydrogens is 226 g/mol. The number of nitrogens with one attached hydrogen (secondary N) is 1. The molecule has 2 rings (SSSR count). The van der Waals surface area contributed by atoms with Crippen molar-refractivity contribution in [1.29, 1.82) is 5.26 Å². The lowest BCUT2D eigenvalue weighted by molar-refractivity contribution is -0.115. The molecule has 0 atom stereocenters. The van der Waals surface area contributed by atoms with Crippen LogP contribution in [0, 0.1) is 18.3 Å². The third-order valence-corrected chi connectivity index (χ3v) is 2.55. The summed E-state index contributed by atoms with van der Waals surface area (Å²) in [4.78, 5) is 11.5. The van der Waals surface area contributed by atoms with Crippen molar-refractivity contribution < 1.29 is 4.79 Å². The zero-order chi connectivity index (χ0) is 13.0. The van der Waals surface area contributed by atoms with Crippen molar-refractivity contribution in [3.05, 3.63) is 48.3 Å². The Hall–Kier alpha value is -2.54. The van der Waals surface area contributed by atoms with Gasteiger partial charge in [-0.2, -0.15) is 5.26 Å². The molecule has 0 unspecified atom stereocenters. The van der Waals surface area contributed by atoms with Gasteiger partial charge in [0.2, 0.25) is 5.91 Å². The van der Waals surface area contributed by atoms with Crippen LogP contribution >= 0.6 is 0 Å². The van der Waals surface area contributed by atoms with Crippen LogP contribution in [0.5, 0.6) is 0 Å². The van der Waals surface area contributed by atoms with Crippen LogP contribution in [0.2, 0.25) is 0 Å². The smallest absolute Gasteiger partial charge is 0.238 e. The molecule has 0 spiro atoms. The van der Waals surface area contributed by atoms with E-state index in [1.165, 1.54) is 0 Å². The molecule has 2 aromatic rings. The first kappa shape index (κ1) is 11.9. The summed E-state index contributed by atoms with van der Waals surface area (Å²) in [6.07, 6.45) is 3.67. The number of amides is 1. The molecule has 0 aliphatic rings. The maximum Gasteiger partial charge on any atom is 0.238 e. The van der Waals surface area contributed by atoms with Crippen molar-refractivity contribution in [1.82, 2.24) is 4.57 Å². The molecule has 0 aliphatic heterocycles. The highest BCUT2D eigenvalue weighted by molar-refractivity contribution is 5.94. The van der Waals surface area contributed by atoms with Crippen LogP contribution in [-0.4, -0.2) is 10.5 Å². The second kappa shape index (κ2) is 5.19. The zero-order valence-electron chi connectivity index (χ0n) is 10.1. The number of anilines is 1. The summed E-state index contributed by atoms with van der Waals surface area (Å²) in [7, 11) is 0. The van der Waals surface area contributed by atoms with Gasteiger partial charge < -0.3 is 9.88 Å². The molecule has 1 aromatic heterocycles. The molecule has 4 nitrogen and oxygen atoms in total. The van der Waals surface area contributed by atoms with E-state index in [0.29, 0.717) is 5.69 Å². The van der Waals surface area contributed by atoms with Gasteiger partial charge in [0.15, 0.2) is 0 Å². The van der Waals surface area contributed by atoms with Crippen molar-refractivity contribution in [3.63, 3.8) is 0 Å². The number of nitriles is 1. The van der Waals surface area contributed by atoms with Gasteiger partial charge in [-0.25, -0.2) is 0 Å². The van der Waals surface area contributed by atoms with Gasteiger partial charge >= 0.3 is 0 Å². The van der Waals surface area contributed by atoms with Gasteiger partial charge in [0.25, 0.3) is 0 Å². The Morgan fingerprint density at radius 3 is 2.78 bits per heavy atom. The lowest BCUT2D eigenvalue weighted by Crippen LogP contribution is -2.12. The number of aromatic nitrogens is 1. The second-order valence-electron chi connectivity index (χ2n) is 3.99. The van der Waals surface area contributed by atoms with Gasteiger partial charge in [-0.15, -0.1) is 0 Å². The van der Waals surface area contributed by atoms with E-state index in [-0.39, 0.29) is 12.3 Å². The first-order valence-corrected chi connectivity index (χ1v) is 5.61. The van der Waals surface area contributed by atoms with Gasteiger partial charge in [0.05, 0.1) is 17.4 Å². The fourth-order valence-electron chi connectivity index (χ4n) is 1.74. The highest BCUT2D eigenvalue weighted by Gasteiger charge is 2.07. The van der Waals surface area contributed by atoms with E-state index in [0.717, 1.165) is 11.3 Å². The molecule has 18 heavy (non-hydrogen) atoms. The summed E-state index contributed by atoms with van der Waals surface area (Å²) in [6, 6.07) is 11.5. The lowest BCUT2D eigenvalue weighted by atomic mass is 10.2. The molecule has 4 heteroatoms. The van der Waals surface area contributed by atoms with Crippen LogP contribution in [-0.2, 0) is 4.79 Å². The molecule has 90 valence electrons. The van der Waals surface area contributed by atoms with Crippen LogP contribution in [0.25, 0.3) is 5.69 Å². The number of benzene rings is 1. The Kier molecular flexibility index (Phi) is 3.44. The largest absolute Gasteiger partial charge is 0.323 e. The second-order valence-corrected chi connectivity index (χ2v) is 3.99. The van der Waals surface area contributed by atoms with E-state index in [1.807, 2.05) is 60.3 Å².